The van der Waals surface area contributed by atoms with Gasteiger partial charge in [0.1, 0.15) is 6.61 Å². The van der Waals surface area contributed by atoms with Crippen molar-refractivity contribution in [3.05, 3.63) is 0 Å². The molecule has 2 aliphatic rings. The van der Waals surface area contributed by atoms with Gasteiger partial charge in [0.05, 0.1) is 0 Å². The van der Waals surface area contributed by atoms with Crippen molar-refractivity contribution >= 4 is 11.8 Å². The summed E-state index contributed by atoms with van der Waals surface area (Å²) in [5.41, 5.74) is 0. The molecule has 5 heteroatoms. The SMILES string of the molecule is COCC(=O)N1CCN(C(=O)CCC2CCCCC2)CC1. The Morgan fingerprint density at radius 2 is 1.52 bits per heavy atom. The van der Waals surface area contributed by atoms with Crippen molar-refractivity contribution in [3.8, 4) is 0 Å². The van der Waals surface area contributed by atoms with Crippen LogP contribution >= 0.6 is 0 Å². The van der Waals surface area contributed by atoms with Crippen LogP contribution in [-0.4, -0.2) is 61.5 Å². The van der Waals surface area contributed by atoms with Gasteiger partial charge >= 0.3 is 0 Å². The predicted molar refractivity (Wildman–Crippen MR) is 80.8 cm³/mol. The van der Waals surface area contributed by atoms with Crippen LogP contribution in [0.4, 0.5) is 0 Å². The smallest absolute Gasteiger partial charge is 0.248 e. The summed E-state index contributed by atoms with van der Waals surface area (Å²) in [6, 6.07) is 0. The molecule has 0 aromatic carbocycles. The van der Waals surface area contributed by atoms with Crippen molar-refractivity contribution in [1.29, 1.82) is 0 Å². The minimum atomic E-state index is 0.0202. The standard InChI is InChI=1S/C16H28N2O3/c1-21-13-16(20)18-11-9-17(10-12-18)15(19)8-7-14-5-3-2-4-6-14/h14H,2-13H2,1H3. The van der Waals surface area contributed by atoms with Gasteiger partial charge in [0.15, 0.2) is 0 Å². The first-order chi connectivity index (χ1) is 10.2. The molecule has 1 heterocycles. The highest BCUT2D eigenvalue weighted by atomic mass is 16.5. The average Bonchev–Trinajstić information content (AvgIpc) is 2.54. The Hall–Kier alpha value is -1.10. The van der Waals surface area contributed by atoms with Crippen LogP contribution in [0.25, 0.3) is 0 Å². The van der Waals surface area contributed by atoms with E-state index in [1.54, 1.807) is 4.90 Å². The summed E-state index contributed by atoms with van der Waals surface area (Å²) in [6.45, 7) is 2.74. The quantitative estimate of drug-likeness (QED) is 0.775. The van der Waals surface area contributed by atoms with Gasteiger partial charge in [-0.3, -0.25) is 9.59 Å². The van der Waals surface area contributed by atoms with E-state index in [0.717, 1.165) is 12.3 Å². The molecule has 0 spiro atoms. The zero-order valence-corrected chi connectivity index (χ0v) is 13.2. The summed E-state index contributed by atoms with van der Waals surface area (Å²) in [5.74, 6) is 1.04. The third-order valence-electron chi connectivity index (χ3n) is 4.74. The molecule has 0 N–H and O–H groups in total. The molecule has 21 heavy (non-hydrogen) atoms. The monoisotopic (exact) mass is 296 g/mol. The zero-order chi connectivity index (χ0) is 15.1. The molecule has 2 rings (SSSR count). The molecule has 0 aromatic heterocycles. The van der Waals surface area contributed by atoms with Crippen LogP contribution in [0.15, 0.2) is 0 Å². The van der Waals surface area contributed by atoms with Crippen molar-refractivity contribution in [1.82, 2.24) is 9.80 Å². The third kappa shape index (κ3) is 4.99. The highest BCUT2D eigenvalue weighted by Crippen LogP contribution is 2.27. The number of hydrogen-bond donors (Lipinski definition) is 0. The van der Waals surface area contributed by atoms with Gasteiger partial charge < -0.3 is 14.5 Å². The third-order valence-corrected chi connectivity index (χ3v) is 4.74. The molecule has 2 fully saturated rings. The summed E-state index contributed by atoms with van der Waals surface area (Å²) in [5, 5.41) is 0. The molecule has 120 valence electrons. The molecular formula is C16H28N2O3. The summed E-state index contributed by atoms with van der Waals surface area (Å²) in [6.07, 6.45) is 8.34. The largest absolute Gasteiger partial charge is 0.375 e. The topological polar surface area (TPSA) is 49.9 Å². The molecule has 1 saturated heterocycles. The Kier molecular flexibility index (Phi) is 6.49. The van der Waals surface area contributed by atoms with Crippen molar-refractivity contribution in [2.24, 2.45) is 5.92 Å². The fourth-order valence-electron chi connectivity index (χ4n) is 3.38. The molecule has 2 amide bonds. The second-order valence-electron chi connectivity index (χ2n) is 6.24. The second kappa shape index (κ2) is 8.37. The minimum Gasteiger partial charge on any atom is -0.375 e. The average molecular weight is 296 g/mol. The summed E-state index contributed by atoms with van der Waals surface area (Å²) >= 11 is 0. The van der Waals surface area contributed by atoms with E-state index in [1.165, 1.54) is 39.2 Å². The lowest BCUT2D eigenvalue weighted by atomic mass is 9.86. The highest BCUT2D eigenvalue weighted by molar-refractivity contribution is 5.79. The summed E-state index contributed by atoms with van der Waals surface area (Å²) in [7, 11) is 1.53. The van der Waals surface area contributed by atoms with E-state index in [4.69, 9.17) is 4.74 Å². The number of rotatable bonds is 5. The fourth-order valence-corrected chi connectivity index (χ4v) is 3.38. The van der Waals surface area contributed by atoms with Crippen molar-refractivity contribution in [3.63, 3.8) is 0 Å². The Morgan fingerprint density at radius 3 is 2.10 bits per heavy atom. The van der Waals surface area contributed by atoms with Gasteiger partial charge in [0.2, 0.25) is 11.8 Å². The summed E-state index contributed by atoms with van der Waals surface area (Å²) < 4.78 is 4.87. The van der Waals surface area contributed by atoms with Crippen molar-refractivity contribution in [2.75, 3.05) is 39.9 Å². The first kappa shape index (κ1) is 16.3. The van der Waals surface area contributed by atoms with Crippen LogP contribution < -0.4 is 0 Å². The Bertz CT molecular complexity index is 345. The minimum absolute atomic E-state index is 0.0202. The van der Waals surface area contributed by atoms with Crippen molar-refractivity contribution < 1.29 is 14.3 Å². The van der Waals surface area contributed by atoms with Gasteiger partial charge in [-0.25, -0.2) is 0 Å². The van der Waals surface area contributed by atoms with Crippen molar-refractivity contribution in [2.45, 2.75) is 44.9 Å². The molecule has 0 atom stereocenters. The van der Waals surface area contributed by atoms with Crippen LogP contribution in [0.5, 0.6) is 0 Å². The van der Waals surface area contributed by atoms with Crippen LogP contribution in [0.2, 0.25) is 0 Å². The predicted octanol–water partition coefficient (Wildman–Crippen LogP) is 1.66. The lowest BCUT2D eigenvalue weighted by Gasteiger charge is -2.35. The molecule has 0 aromatic rings. The number of ether oxygens (including phenoxy) is 1. The molecule has 1 saturated carbocycles. The highest BCUT2D eigenvalue weighted by Gasteiger charge is 2.24. The van der Waals surface area contributed by atoms with Crippen LogP contribution in [-0.2, 0) is 14.3 Å². The molecule has 1 aliphatic carbocycles. The molecular weight excluding hydrogens is 268 g/mol. The van der Waals surface area contributed by atoms with E-state index < -0.39 is 0 Å². The van der Waals surface area contributed by atoms with E-state index in [1.807, 2.05) is 4.90 Å². The van der Waals surface area contributed by atoms with E-state index in [2.05, 4.69) is 0 Å². The van der Waals surface area contributed by atoms with Crippen LogP contribution in [0.3, 0.4) is 0 Å². The lowest BCUT2D eigenvalue weighted by molar-refractivity contribution is -0.142. The van der Waals surface area contributed by atoms with Crippen LogP contribution in [0.1, 0.15) is 44.9 Å². The molecule has 5 nitrogen and oxygen atoms in total. The number of methoxy groups -OCH3 is 1. The lowest BCUT2D eigenvalue weighted by Crippen LogP contribution is -2.51. The van der Waals surface area contributed by atoms with Gasteiger partial charge in [0, 0.05) is 39.7 Å². The fraction of sp³-hybridized carbons (Fsp3) is 0.875. The van der Waals surface area contributed by atoms with Gasteiger partial charge in [-0.05, 0) is 12.3 Å². The van der Waals surface area contributed by atoms with Gasteiger partial charge in [-0.15, -0.1) is 0 Å². The van der Waals surface area contributed by atoms with Gasteiger partial charge in [0.25, 0.3) is 0 Å². The van der Waals surface area contributed by atoms with E-state index in [0.29, 0.717) is 32.6 Å². The van der Waals surface area contributed by atoms with Gasteiger partial charge in [-0.2, -0.15) is 0 Å². The van der Waals surface area contributed by atoms with E-state index in [-0.39, 0.29) is 18.4 Å². The number of piperazine rings is 1. The van der Waals surface area contributed by atoms with Gasteiger partial charge in [-0.1, -0.05) is 32.1 Å². The molecule has 0 unspecified atom stereocenters. The number of nitrogens with zero attached hydrogens (tertiary/aromatic N) is 2. The Balaban J connectivity index is 1.66. The molecule has 1 aliphatic heterocycles. The maximum Gasteiger partial charge on any atom is 0.248 e. The molecule has 0 bridgehead atoms. The first-order valence-electron chi connectivity index (χ1n) is 8.25. The first-order valence-corrected chi connectivity index (χ1v) is 8.25. The number of carbonyl (C=O) groups is 2. The Labute approximate surface area is 127 Å². The Morgan fingerprint density at radius 1 is 0.952 bits per heavy atom. The number of hydrogen-bond acceptors (Lipinski definition) is 3. The number of carbonyl (C=O) groups excluding carboxylic acids is 2. The molecule has 0 radical (unpaired) electrons. The normalized spacial score (nSPS) is 20.6. The van der Waals surface area contributed by atoms with E-state index in [9.17, 15) is 9.59 Å². The maximum atomic E-state index is 12.2. The summed E-state index contributed by atoms with van der Waals surface area (Å²) in [4.78, 5) is 27.6. The van der Waals surface area contributed by atoms with E-state index >= 15 is 0 Å². The second-order valence-corrected chi connectivity index (χ2v) is 6.24. The maximum absolute atomic E-state index is 12.2. The van der Waals surface area contributed by atoms with Crippen LogP contribution in [0, 0.1) is 5.92 Å². The number of amides is 2. The zero-order valence-electron chi connectivity index (χ0n) is 13.2.